The molecular weight excluding hydrogens is 643 g/mol. The van der Waals surface area contributed by atoms with E-state index in [1.54, 1.807) is 29.8 Å². The molecule has 1 aliphatic heterocycles. The maximum Gasteiger partial charge on any atom is 0.290 e. The number of nitriles is 2. The molecular formula is C37H35FN6O6. The molecule has 1 amide bonds. The van der Waals surface area contributed by atoms with E-state index in [0.29, 0.717) is 53.4 Å². The lowest BCUT2D eigenvalue weighted by Gasteiger charge is -2.34. The first kappa shape index (κ1) is 36.6. The van der Waals surface area contributed by atoms with E-state index >= 15 is 0 Å². The highest BCUT2D eigenvalue weighted by Crippen LogP contribution is 2.43. The second kappa shape index (κ2) is 17.2. The number of aromatic hydroxyl groups is 1. The summed E-state index contributed by atoms with van der Waals surface area (Å²) in [5.74, 6) is -0.581. The summed E-state index contributed by atoms with van der Waals surface area (Å²) in [6, 6.07) is 21.3. The number of benzene rings is 3. The minimum absolute atomic E-state index is 0.0848. The number of carbonyl (C=O) groups excluding carboxylic acids is 1. The quantitative estimate of drug-likeness (QED) is 0.0668. The molecule has 0 saturated carbocycles. The van der Waals surface area contributed by atoms with Crippen molar-refractivity contribution in [2.24, 2.45) is 0 Å². The Labute approximate surface area is 288 Å². The first-order chi connectivity index (χ1) is 24.2. The standard InChI is InChI=1S/C36H33FN6O4.CH2O2/c1-22-34(26-10-11-32(47-2)31(44)18-26)35(25-8-9-27(19-38)30(37)17-25)29(20-39)36(41-22)43-15-13-28(14-16-43)40-21-24-5-3-23(4-6-24)7-12-33(45)42-46;2-1-3/h3-12,17-18,28,40,44,46H,13-16,21H2,1-2H3,(H,42,45);1H,(H,2,3)/b12-7+;. The lowest BCUT2D eigenvalue weighted by Crippen LogP contribution is -2.43. The number of methoxy groups -OCH3 is 1. The zero-order valence-corrected chi connectivity index (χ0v) is 27.4. The SMILES string of the molecule is COc1ccc(-c2c(C)nc(N3CCC(NCc4ccc(/C=C/C(=O)NO)cc4)CC3)c(C#N)c2-c2ccc(C#N)c(F)c2)cc1O.O=CO. The van der Waals surface area contributed by atoms with Gasteiger partial charge in [0.25, 0.3) is 12.4 Å². The number of carbonyl (C=O) groups is 2. The number of halogens is 1. The number of ether oxygens (including phenoxy) is 1. The Morgan fingerprint density at radius 3 is 2.30 bits per heavy atom. The molecule has 2 heterocycles. The summed E-state index contributed by atoms with van der Waals surface area (Å²) < 4.78 is 20.1. The van der Waals surface area contributed by atoms with Crippen molar-refractivity contribution >= 4 is 24.3 Å². The first-order valence-electron chi connectivity index (χ1n) is 15.5. The highest BCUT2D eigenvalue weighted by atomic mass is 19.1. The Morgan fingerprint density at radius 2 is 1.72 bits per heavy atom. The van der Waals surface area contributed by atoms with E-state index in [2.05, 4.69) is 16.3 Å². The fourth-order valence-corrected chi connectivity index (χ4v) is 5.79. The van der Waals surface area contributed by atoms with Crippen molar-refractivity contribution in [2.75, 3.05) is 25.1 Å². The molecule has 0 bridgehead atoms. The number of hydrogen-bond donors (Lipinski definition) is 5. The number of phenolic OH excluding ortho intramolecular Hbond substituents is 1. The average molecular weight is 679 g/mol. The number of hydrogen-bond acceptors (Lipinski definition) is 10. The topological polar surface area (TPSA) is 192 Å². The maximum atomic E-state index is 14.9. The molecule has 0 spiro atoms. The third-order valence-electron chi connectivity index (χ3n) is 8.22. The highest BCUT2D eigenvalue weighted by molar-refractivity contribution is 5.92. The van der Waals surface area contributed by atoms with Gasteiger partial charge in [-0.05, 0) is 72.4 Å². The fraction of sp³-hybridized carbons (Fsp3) is 0.216. The van der Waals surface area contributed by atoms with Crippen LogP contribution in [0.15, 0.2) is 66.7 Å². The molecule has 1 aromatic heterocycles. The van der Waals surface area contributed by atoms with Crippen LogP contribution >= 0.6 is 0 Å². The third kappa shape index (κ3) is 8.59. The lowest BCUT2D eigenvalue weighted by molar-refractivity contribution is -0.124. The molecule has 256 valence electrons. The van der Waals surface area contributed by atoms with Crippen LogP contribution in [0.4, 0.5) is 10.2 Å². The van der Waals surface area contributed by atoms with Crippen LogP contribution in [0.2, 0.25) is 0 Å². The number of carboxylic acid groups (broad SMARTS) is 1. The Balaban J connectivity index is 0.00000181. The summed E-state index contributed by atoms with van der Waals surface area (Å²) in [7, 11) is 1.45. The zero-order chi connectivity index (χ0) is 36.2. The van der Waals surface area contributed by atoms with Crippen molar-refractivity contribution < 1.29 is 34.1 Å². The predicted molar refractivity (Wildman–Crippen MR) is 184 cm³/mol. The second-order valence-corrected chi connectivity index (χ2v) is 11.2. The zero-order valence-electron chi connectivity index (χ0n) is 27.4. The van der Waals surface area contributed by atoms with Crippen LogP contribution in [0.3, 0.4) is 0 Å². The van der Waals surface area contributed by atoms with Crippen LogP contribution < -0.4 is 20.4 Å². The molecule has 0 radical (unpaired) electrons. The molecule has 12 nitrogen and oxygen atoms in total. The highest BCUT2D eigenvalue weighted by Gasteiger charge is 2.27. The molecule has 5 rings (SSSR count). The van der Waals surface area contributed by atoms with Gasteiger partial charge in [-0.1, -0.05) is 36.4 Å². The van der Waals surface area contributed by atoms with Crippen molar-refractivity contribution in [2.45, 2.75) is 32.4 Å². The number of pyridine rings is 1. The van der Waals surface area contributed by atoms with Gasteiger partial charge in [0.05, 0.1) is 12.7 Å². The molecule has 0 unspecified atom stereocenters. The Bertz CT molecular complexity index is 1960. The number of aryl methyl sites for hydroxylation is 1. The molecule has 4 aromatic rings. The monoisotopic (exact) mass is 678 g/mol. The van der Waals surface area contributed by atoms with Gasteiger partial charge in [0.2, 0.25) is 0 Å². The van der Waals surface area contributed by atoms with Crippen LogP contribution in [0.25, 0.3) is 28.3 Å². The van der Waals surface area contributed by atoms with Gasteiger partial charge in [-0.2, -0.15) is 10.5 Å². The number of piperidine rings is 1. The van der Waals surface area contributed by atoms with Crippen molar-refractivity contribution in [3.63, 3.8) is 0 Å². The fourth-order valence-electron chi connectivity index (χ4n) is 5.79. The molecule has 13 heteroatoms. The van der Waals surface area contributed by atoms with Gasteiger partial charge in [0, 0.05) is 48.6 Å². The number of aromatic nitrogens is 1. The largest absolute Gasteiger partial charge is 0.504 e. The molecule has 0 atom stereocenters. The summed E-state index contributed by atoms with van der Waals surface area (Å²) in [4.78, 5) is 26.5. The van der Waals surface area contributed by atoms with Gasteiger partial charge < -0.3 is 25.2 Å². The van der Waals surface area contributed by atoms with E-state index in [0.717, 1.165) is 24.0 Å². The summed E-state index contributed by atoms with van der Waals surface area (Å²) in [5.41, 5.74) is 6.30. The number of anilines is 1. The number of phenols is 1. The minimum atomic E-state index is -0.694. The summed E-state index contributed by atoms with van der Waals surface area (Å²) >= 11 is 0. The van der Waals surface area contributed by atoms with Crippen LogP contribution in [-0.2, 0) is 16.1 Å². The first-order valence-corrected chi connectivity index (χ1v) is 15.5. The summed E-state index contributed by atoms with van der Waals surface area (Å²) in [5, 5.41) is 49.5. The molecule has 1 fully saturated rings. The van der Waals surface area contributed by atoms with E-state index in [9.17, 15) is 24.8 Å². The third-order valence-corrected chi connectivity index (χ3v) is 8.22. The summed E-state index contributed by atoms with van der Waals surface area (Å²) in [6.07, 6.45) is 4.47. The van der Waals surface area contributed by atoms with Crippen LogP contribution in [0.5, 0.6) is 11.5 Å². The number of amides is 1. The molecule has 0 aliphatic carbocycles. The summed E-state index contributed by atoms with van der Waals surface area (Å²) in [6.45, 7) is 3.50. The maximum absolute atomic E-state index is 14.9. The van der Waals surface area contributed by atoms with E-state index in [1.807, 2.05) is 37.3 Å². The molecule has 1 saturated heterocycles. The number of nitrogens with zero attached hydrogens (tertiary/aromatic N) is 4. The van der Waals surface area contributed by atoms with Crippen LogP contribution in [0, 0.1) is 35.4 Å². The number of nitrogens with one attached hydrogen (secondary N) is 2. The van der Waals surface area contributed by atoms with Gasteiger partial charge in [0.15, 0.2) is 11.5 Å². The smallest absolute Gasteiger partial charge is 0.290 e. The van der Waals surface area contributed by atoms with Crippen molar-refractivity contribution in [1.82, 2.24) is 15.8 Å². The van der Waals surface area contributed by atoms with Gasteiger partial charge in [-0.15, -0.1) is 0 Å². The van der Waals surface area contributed by atoms with E-state index in [4.69, 9.17) is 24.8 Å². The molecule has 50 heavy (non-hydrogen) atoms. The number of rotatable bonds is 9. The average Bonchev–Trinajstić information content (AvgIpc) is 3.13. The van der Waals surface area contributed by atoms with E-state index in [-0.39, 0.29) is 35.1 Å². The minimum Gasteiger partial charge on any atom is -0.504 e. The normalized spacial score (nSPS) is 12.7. The van der Waals surface area contributed by atoms with Crippen LogP contribution in [-0.4, -0.2) is 59.0 Å². The molecule has 5 N–H and O–H groups in total. The molecule has 1 aliphatic rings. The van der Waals surface area contributed by atoms with Gasteiger partial charge in [-0.3, -0.25) is 14.8 Å². The van der Waals surface area contributed by atoms with E-state index < -0.39 is 11.7 Å². The number of hydroxylamine groups is 1. The predicted octanol–water partition coefficient (Wildman–Crippen LogP) is 5.30. The van der Waals surface area contributed by atoms with Crippen LogP contribution in [0.1, 0.15) is 40.8 Å². The van der Waals surface area contributed by atoms with Crippen molar-refractivity contribution in [3.8, 4) is 45.9 Å². The van der Waals surface area contributed by atoms with Crippen molar-refractivity contribution in [3.05, 3.63) is 101 Å². The Hall–Kier alpha value is -6.28. The van der Waals surface area contributed by atoms with Gasteiger partial charge in [0.1, 0.15) is 29.3 Å². The lowest BCUT2D eigenvalue weighted by atomic mass is 9.89. The van der Waals surface area contributed by atoms with Gasteiger partial charge >= 0.3 is 0 Å². The molecule has 3 aromatic carbocycles. The van der Waals surface area contributed by atoms with Crippen molar-refractivity contribution in [1.29, 1.82) is 10.5 Å². The van der Waals surface area contributed by atoms with E-state index in [1.165, 1.54) is 31.4 Å². The second-order valence-electron chi connectivity index (χ2n) is 11.2. The van der Waals surface area contributed by atoms with Gasteiger partial charge in [-0.25, -0.2) is 14.9 Å². The Kier molecular flexibility index (Phi) is 12.6. The Morgan fingerprint density at radius 1 is 1.06 bits per heavy atom.